The highest BCUT2D eigenvalue weighted by molar-refractivity contribution is 5.60. The third-order valence-electron chi connectivity index (χ3n) is 3.08. The molecule has 0 aromatic heterocycles. The normalized spacial score (nSPS) is 30.6. The Labute approximate surface area is 73.8 Å². The highest BCUT2D eigenvalue weighted by Crippen LogP contribution is 2.53. The van der Waals surface area contributed by atoms with Gasteiger partial charge in [0.2, 0.25) is 0 Å². The smallest absolute Gasteiger partial charge is 0.0227 e. The molecule has 0 saturated heterocycles. The van der Waals surface area contributed by atoms with Crippen molar-refractivity contribution >= 4 is 6.21 Å². The predicted octanol–water partition coefficient (Wildman–Crippen LogP) is 1.59. The maximum absolute atomic E-state index is 4.10. The van der Waals surface area contributed by atoms with Crippen LogP contribution < -0.4 is 5.32 Å². The van der Waals surface area contributed by atoms with Crippen molar-refractivity contribution in [2.24, 2.45) is 16.3 Å². The summed E-state index contributed by atoms with van der Waals surface area (Å²) in [4.78, 5) is 4.10. The second-order valence-corrected chi connectivity index (χ2v) is 3.91. The molecule has 0 aromatic carbocycles. The van der Waals surface area contributed by atoms with Crippen LogP contribution in [0.25, 0.3) is 0 Å². The predicted molar refractivity (Wildman–Crippen MR) is 51.3 cm³/mol. The van der Waals surface area contributed by atoms with Crippen LogP contribution in [0.4, 0.5) is 0 Å². The standard InChI is InChI=1S/C10H16N2/c1-11-8-10(4-5-10)9-2-6-12-7-3-9/h2,6-7,9,11H,3-5,8H2,1H3. The van der Waals surface area contributed by atoms with E-state index in [1.165, 1.54) is 12.8 Å². The van der Waals surface area contributed by atoms with Gasteiger partial charge < -0.3 is 5.32 Å². The van der Waals surface area contributed by atoms with Crippen LogP contribution in [0.5, 0.6) is 0 Å². The Kier molecular flexibility index (Phi) is 2.01. The van der Waals surface area contributed by atoms with Crippen LogP contribution in [0.2, 0.25) is 0 Å². The van der Waals surface area contributed by atoms with Gasteiger partial charge in [-0.2, -0.15) is 0 Å². The first-order valence-corrected chi connectivity index (χ1v) is 4.70. The van der Waals surface area contributed by atoms with Crippen LogP contribution in [-0.2, 0) is 0 Å². The third kappa shape index (κ3) is 1.31. The number of hydrogen-bond donors (Lipinski definition) is 1. The molecule has 0 bridgehead atoms. The van der Waals surface area contributed by atoms with Gasteiger partial charge in [0, 0.05) is 19.0 Å². The molecule has 1 heterocycles. The molecule has 1 atom stereocenters. The molecule has 1 aliphatic carbocycles. The van der Waals surface area contributed by atoms with Gasteiger partial charge in [0.1, 0.15) is 0 Å². The lowest BCUT2D eigenvalue weighted by Gasteiger charge is -2.23. The van der Waals surface area contributed by atoms with E-state index in [-0.39, 0.29) is 0 Å². The summed E-state index contributed by atoms with van der Waals surface area (Å²) in [7, 11) is 2.04. The maximum Gasteiger partial charge on any atom is 0.0227 e. The summed E-state index contributed by atoms with van der Waals surface area (Å²) >= 11 is 0. The van der Waals surface area contributed by atoms with E-state index in [0.29, 0.717) is 5.41 Å². The number of allylic oxidation sites excluding steroid dienone is 1. The highest BCUT2D eigenvalue weighted by atomic mass is 14.9. The van der Waals surface area contributed by atoms with Gasteiger partial charge in [-0.05, 0) is 37.6 Å². The number of rotatable bonds is 3. The van der Waals surface area contributed by atoms with Gasteiger partial charge in [-0.3, -0.25) is 4.99 Å². The first-order valence-electron chi connectivity index (χ1n) is 4.70. The molecule has 1 aliphatic heterocycles. The van der Waals surface area contributed by atoms with Crippen molar-refractivity contribution in [1.29, 1.82) is 0 Å². The van der Waals surface area contributed by atoms with Crippen molar-refractivity contribution in [2.45, 2.75) is 19.3 Å². The minimum absolute atomic E-state index is 0.581. The molecule has 2 rings (SSSR count). The molecule has 0 amide bonds. The van der Waals surface area contributed by atoms with E-state index in [1.807, 2.05) is 19.5 Å². The quantitative estimate of drug-likeness (QED) is 0.673. The molecule has 2 aliphatic rings. The van der Waals surface area contributed by atoms with Crippen LogP contribution in [0.3, 0.4) is 0 Å². The van der Waals surface area contributed by atoms with Gasteiger partial charge in [0.15, 0.2) is 0 Å². The monoisotopic (exact) mass is 164 g/mol. The first-order chi connectivity index (χ1) is 5.87. The molecular weight excluding hydrogens is 148 g/mol. The SMILES string of the molecule is CNCC1(C2C=CN=CC2)CC1. The number of hydrogen-bond acceptors (Lipinski definition) is 2. The number of nitrogens with zero attached hydrogens (tertiary/aromatic N) is 1. The van der Waals surface area contributed by atoms with Crippen LogP contribution in [0, 0.1) is 11.3 Å². The first kappa shape index (κ1) is 7.99. The van der Waals surface area contributed by atoms with E-state index in [2.05, 4.69) is 16.4 Å². The van der Waals surface area contributed by atoms with Crippen LogP contribution in [0.1, 0.15) is 19.3 Å². The van der Waals surface area contributed by atoms with Gasteiger partial charge >= 0.3 is 0 Å². The number of aliphatic imine (C=N–C) groups is 1. The summed E-state index contributed by atoms with van der Waals surface area (Å²) in [5, 5.41) is 3.29. The highest BCUT2D eigenvalue weighted by Gasteiger charge is 2.47. The van der Waals surface area contributed by atoms with E-state index in [9.17, 15) is 0 Å². The zero-order valence-corrected chi connectivity index (χ0v) is 7.59. The second kappa shape index (κ2) is 3.02. The molecule has 1 fully saturated rings. The van der Waals surface area contributed by atoms with Crippen molar-refractivity contribution < 1.29 is 0 Å². The van der Waals surface area contributed by atoms with Crippen molar-refractivity contribution in [3.05, 3.63) is 12.3 Å². The van der Waals surface area contributed by atoms with Crippen LogP contribution in [0.15, 0.2) is 17.3 Å². The zero-order chi connectivity index (χ0) is 8.44. The minimum Gasteiger partial charge on any atom is -0.319 e. The average molecular weight is 164 g/mol. The van der Waals surface area contributed by atoms with Crippen LogP contribution >= 0.6 is 0 Å². The van der Waals surface area contributed by atoms with E-state index in [0.717, 1.165) is 18.9 Å². The summed E-state index contributed by atoms with van der Waals surface area (Å²) < 4.78 is 0. The fourth-order valence-corrected chi connectivity index (χ4v) is 2.11. The number of nitrogens with one attached hydrogen (secondary N) is 1. The maximum atomic E-state index is 4.10. The van der Waals surface area contributed by atoms with Crippen molar-refractivity contribution in [2.75, 3.05) is 13.6 Å². The fraction of sp³-hybridized carbons (Fsp3) is 0.700. The van der Waals surface area contributed by atoms with Gasteiger partial charge in [-0.25, -0.2) is 0 Å². The summed E-state index contributed by atoms with van der Waals surface area (Å²) in [6.07, 6.45) is 10.2. The van der Waals surface area contributed by atoms with Crippen molar-refractivity contribution in [1.82, 2.24) is 5.32 Å². The lowest BCUT2D eigenvalue weighted by molar-refractivity contribution is 0.365. The summed E-state index contributed by atoms with van der Waals surface area (Å²) in [6, 6.07) is 0. The Bertz CT molecular complexity index is 214. The van der Waals surface area contributed by atoms with Crippen molar-refractivity contribution in [3.63, 3.8) is 0 Å². The molecular formula is C10H16N2. The molecule has 2 heteroatoms. The van der Waals surface area contributed by atoms with E-state index in [1.54, 1.807) is 0 Å². The van der Waals surface area contributed by atoms with Gasteiger partial charge in [0.05, 0.1) is 0 Å². The topological polar surface area (TPSA) is 24.4 Å². The van der Waals surface area contributed by atoms with E-state index < -0.39 is 0 Å². The molecule has 0 aromatic rings. The van der Waals surface area contributed by atoms with E-state index in [4.69, 9.17) is 0 Å². The minimum atomic E-state index is 0.581. The molecule has 1 saturated carbocycles. The molecule has 0 spiro atoms. The van der Waals surface area contributed by atoms with Crippen LogP contribution in [-0.4, -0.2) is 19.8 Å². The zero-order valence-electron chi connectivity index (χ0n) is 7.59. The van der Waals surface area contributed by atoms with Gasteiger partial charge in [-0.1, -0.05) is 6.08 Å². The fourth-order valence-electron chi connectivity index (χ4n) is 2.11. The Morgan fingerprint density at radius 2 is 2.42 bits per heavy atom. The van der Waals surface area contributed by atoms with E-state index >= 15 is 0 Å². The van der Waals surface area contributed by atoms with Crippen molar-refractivity contribution in [3.8, 4) is 0 Å². The molecule has 12 heavy (non-hydrogen) atoms. The summed E-state index contributed by atoms with van der Waals surface area (Å²) in [6.45, 7) is 1.16. The van der Waals surface area contributed by atoms with Gasteiger partial charge in [0.25, 0.3) is 0 Å². The second-order valence-electron chi connectivity index (χ2n) is 3.91. The molecule has 66 valence electrons. The molecule has 1 unspecified atom stereocenters. The lowest BCUT2D eigenvalue weighted by Crippen LogP contribution is -2.27. The Morgan fingerprint density at radius 1 is 1.58 bits per heavy atom. The Morgan fingerprint density at radius 3 is 2.92 bits per heavy atom. The lowest BCUT2D eigenvalue weighted by atomic mass is 9.86. The summed E-state index contributed by atoms with van der Waals surface area (Å²) in [5.74, 6) is 0.738. The molecule has 0 radical (unpaired) electrons. The summed E-state index contributed by atoms with van der Waals surface area (Å²) in [5.41, 5.74) is 0.581. The Hall–Kier alpha value is -0.630. The third-order valence-corrected chi connectivity index (χ3v) is 3.08. The molecule has 1 N–H and O–H groups in total. The Balaban J connectivity index is 1.99. The molecule has 2 nitrogen and oxygen atoms in total. The largest absolute Gasteiger partial charge is 0.319 e. The van der Waals surface area contributed by atoms with Gasteiger partial charge in [-0.15, -0.1) is 0 Å². The average Bonchev–Trinajstić information content (AvgIpc) is 2.88.